The van der Waals surface area contributed by atoms with Crippen LogP contribution in [-0.2, 0) is 4.79 Å². The maximum atomic E-state index is 12.5. The average Bonchev–Trinajstić information content (AvgIpc) is 2.74. The highest BCUT2D eigenvalue weighted by molar-refractivity contribution is 6.30. The number of urea groups is 1. The van der Waals surface area contributed by atoms with Crippen LogP contribution in [0.5, 0.6) is 5.75 Å². The third-order valence-corrected chi connectivity index (χ3v) is 5.08. The number of hydrogen-bond donors (Lipinski definition) is 2. The van der Waals surface area contributed by atoms with Crippen LogP contribution in [0.2, 0.25) is 5.02 Å². The molecule has 0 saturated carbocycles. The zero-order valence-corrected chi connectivity index (χ0v) is 17.3. The number of amides is 3. The number of ether oxygens (including phenoxy) is 1. The van der Waals surface area contributed by atoms with E-state index in [9.17, 15) is 9.59 Å². The van der Waals surface area contributed by atoms with Gasteiger partial charge in [-0.25, -0.2) is 4.79 Å². The van der Waals surface area contributed by atoms with Crippen molar-refractivity contribution in [2.45, 2.75) is 13.0 Å². The molecular formula is C21H25ClN4O3. The predicted octanol–water partition coefficient (Wildman–Crippen LogP) is 3.21. The van der Waals surface area contributed by atoms with Crippen molar-refractivity contribution in [3.05, 3.63) is 53.6 Å². The number of hydrogen-bond acceptors (Lipinski definition) is 4. The molecular weight excluding hydrogens is 392 g/mol. The summed E-state index contributed by atoms with van der Waals surface area (Å²) in [5, 5.41) is 6.26. The number of rotatable bonds is 5. The molecule has 3 amide bonds. The normalized spacial score (nSPS) is 14.9. The van der Waals surface area contributed by atoms with Crippen LogP contribution in [0.3, 0.4) is 0 Å². The number of benzene rings is 2. The molecule has 1 atom stereocenters. The van der Waals surface area contributed by atoms with Gasteiger partial charge in [0.05, 0.1) is 7.11 Å². The maximum Gasteiger partial charge on any atom is 0.318 e. The summed E-state index contributed by atoms with van der Waals surface area (Å²) >= 11 is 5.94. The van der Waals surface area contributed by atoms with E-state index in [0.717, 1.165) is 18.8 Å². The van der Waals surface area contributed by atoms with E-state index in [-0.39, 0.29) is 11.9 Å². The van der Waals surface area contributed by atoms with Crippen molar-refractivity contribution < 1.29 is 14.3 Å². The van der Waals surface area contributed by atoms with Crippen LogP contribution in [-0.4, -0.2) is 56.2 Å². The number of anilines is 2. The van der Waals surface area contributed by atoms with Gasteiger partial charge >= 0.3 is 6.03 Å². The van der Waals surface area contributed by atoms with E-state index in [1.807, 2.05) is 24.3 Å². The number of carbonyl (C=O) groups excluding carboxylic acids is 2. The minimum atomic E-state index is -0.664. The minimum Gasteiger partial charge on any atom is -0.497 e. The summed E-state index contributed by atoms with van der Waals surface area (Å²) in [5.41, 5.74) is 1.70. The number of nitrogens with zero attached hydrogens (tertiary/aromatic N) is 2. The molecule has 1 fully saturated rings. The van der Waals surface area contributed by atoms with E-state index < -0.39 is 6.04 Å². The maximum absolute atomic E-state index is 12.5. The fraction of sp³-hybridized carbons (Fsp3) is 0.333. The summed E-state index contributed by atoms with van der Waals surface area (Å²) in [4.78, 5) is 28.9. The molecule has 1 heterocycles. The zero-order valence-electron chi connectivity index (χ0n) is 16.5. The lowest BCUT2D eigenvalue weighted by Gasteiger charge is -2.36. The number of methoxy groups -OCH3 is 1. The summed E-state index contributed by atoms with van der Waals surface area (Å²) in [7, 11) is 1.57. The van der Waals surface area contributed by atoms with Gasteiger partial charge in [-0.2, -0.15) is 0 Å². The van der Waals surface area contributed by atoms with Crippen LogP contribution in [0.25, 0.3) is 0 Å². The number of carbonyl (C=O) groups is 2. The van der Waals surface area contributed by atoms with Gasteiger partial charge < -0.3 is 25.2 Å². The van der Waals surface area contributed by atoms with Gasteiger partial charge in [-0.1, -0.05) is 17.7 Å². The highest BCUT2D eigenvalue weighted by Crippen LogP contribution is 2.20. The third-order valence-electron chi connectivity index (χ3n) is 4.83. The van der Waals surface area contributed by atoms with E-state index >= 15 is 0 Å². The molecule has 3 rings (SSSR count). The summed E-state index contributed by atoms with van der Waals surface area (Å²) in [6.45, 7) is 4.27. The van der Waals surface area contributed by atoms with Crippen molar-refractivity contribution >= 4 is 34.9 Å². The van der Waals surface area contributed by atoms with Crippen molar-refractivity contribution in [2.24, 2.45) is 0 Å². The zero-order chi connectivity index (χ0) is 20.8. The Morgan fingerprint density at radius 1 is 1.07 bits per heavy atom. The van der Waals surface area contributed by atoms with Crippen LogP contribution in [0.15, 0.2) is 48.5 Å². The van der Waals surface area contributed by atoms with Crippen molar-refractivity contribution in [1.82, 2.24) is 10.2 Å². The summed E-state index contributed by atoms with van der Waals surface area (Å²) in [6, 6.07) is 13.8. The molecule has 29 heavy (non-hydrogen) atoms. The van der Waals surface area contributed by atoms with Crippen molar-refractivity contribution in [1.29, 1.82) is 0 Å². The Balaban J connectivity index is 1.48. The molecule has 1 aliphatic rings. The van der Waals surface area contributed by atoms with Crippen LogP contribution in [0.4, 0.5) is 16.2 Å². The molecule has 2 aromatic rings. The van der Waals surface area contributed by atoms with E-state index in [1.54, 1.807) is 43.2 Å². The van der Waals surface area contributed by atoms with E-state index in [1.165, 1.54) is 0 Å². The highest BCUT2D eigenvalue weighted by atomic mass is 35.5. The third kappa shape index (κ3) is 5.54. The number of piperazine rings is 1. The average molecular weight is 417 g/mol. The lowest BCUT2D eigenvalue weighted by Crippen LogP contribution is -2.54. The first kappa shape index (κ1) is 20.8. The van der Waals surface area contributed by atoms with Crippen molar-refractivity contribution in [3.63, 3.8) is 0 Å². The summed E-state index contributed by atoms with van der Waals surface area (Å²) in [6.07, 6.45) is 0. The topological polar surface area (TPSA) is 73.9 Å². The van der Waals surface area contributed by atoms with Gasteiger partial charge in [0.15, 0.2) is 0 Å². The molecule has 8 heteroatoms. The Morgan fingerprint density at radius 2 is 1.76 bits per heavy atom. The first-order valence-electron chi connectivity index (χ1n) is 9.47. The van der Waals surface area contributed by atoms with Gasteiger partial charge in [-0.3, -0.25) is 4.79 Å². The summed E-state index contributed by atoms with van der Waals surface area (Å²) in [5.74, 6) is 0.365. The smallest absolute Gasteiger partial charge is 0.318 e. The number of nitrogens with one attached hydrogen (secondary N) is 2. The second-order valence-electron chi connectivity index (χ2n) is 6.84. The van der Waals surface area contributed by atoms with Crippen LogP contribution in [0.1, 0.15) is 6.92 Å². The monoisotopic (exact) mass is 416 g/mol. The number of halogens is 1. The Hall–Kier alpha value is -2.93. The second kappa shape index (κ2) is 9.52. The Labute approximate surface area is 175 Å². The molecule has 0 unspecified atom stereocenters. The van der Waals surface area contributed by atoms with E-state index in [2.05, 4.69) is 15.5 Å². The van der Waals surface area contributed by atoms with Gasteiger partial charge in [0, 0.05) is 48.6 Å². The van der Waals surface area contributed by atoms with Crippen molar-refractivity contribution in [3.8, 4) is 5.75 Å². The van der Waals surface area contributed by atoms with Gasteiger partial charge in [-0.05, 0) is 43.3 Å². The van der Waals surface area contributed by atoms with Crippen LogP contribution >= 0.6 is 11.6 Å². The Bertz CT molecular complexity index is 851. The van der Waals surface area contributed by atoms with E-state index in [4.69, 9.17) is 16.3 Å². The van der Waals surface area contributed by atoms with Gasteiger partial charge in [0.2, 0.25) is 5.91 Å². The standard InChI is InChI=1S/C21H25ClN4O3/c1-15(20(27)24-17-4-3-5-19(14-17)29-2)23-21(28)26-12-10-25(11-13-26)18-8-6-16(22)7-9-18/h3-9,14-15H,10-13H2,1-2H3,(H,23,28)(H,24,27)/t15-/m0/s1. The lowest BCUT2D eigenvalue weighted by molar-refractivity contribution is -0.117. The van der Waals surface area contributed by atoms with E-state index in [0.29, 0.717) is 29.5 Å². The molecule has 0 radical (unpaired) electrons. The molecule has 0 bridgehead atoms. The predicted molar refractivity (Wildman–Crippen MR) is 115 cm³/mol. The van der Waals surface area contributed by atoms with Crippen molar-refractivity contribution in [2.75, 3.05) is 43.5 Å². The molecule has 154 valence electrons. The van der Waals surface area contributed by atoms with Gasteiger partial charge in [0.1, 0.15) is 11.8 Å². The SMILES string of the molecule is COc1cccc(NC(=O)[C@H](C)NC(=O)N2CCN(c3ccc(Cl)cc3)CC2)c1. The molecule has 1 aliphatic heterocycles. The second-order valence-corrected chi connectivity index (χ2v) is 7.28. The molecule has 0 aliphatic carbocycles. The lowest BCUT2D eigenvalue weighted by atomic mass is 10.2. The van der Waals surface area contributed by atoms with Gasteiger partial charge in [0.25, 0.3) is 0 Å². The fourth-order valence-electron chi connectivity index (χ4n) is 3.11. The fourth-order valence-corrected chi connectivity index (χ4v) is 3.24. The van der Waals surface area contributed by atoms with Crippen LogP contribution in [0, 0.1) is 0 Å². The van der Waals surface area contributed by atoms with Crippen LogP contribution < -0.4 is 20.3 Å². The minimum absolute atomic E-state index is 0.242. The molecule has 1 saturated heterocycles. The van der Waals surface area contributed by atoms with Gasteiger partial charge in [-0.15, -0.1) is 0 Å². The molecule has 2 aromatic carbocycles. The summed E-state index contributed by atoms with van der Waals surface area (Å²) < 4.78 is 5.15. The molecule has 7 nitrogen and oxygen atoms in total. The quantitative estimate of drug-likeness (QED) is 0.784. The molecule has 2 N–H and O–H groups in total. The highest BCUT2D eigenvalue weighted by Gasteiger charge is 2.24. The molecule has 0 aromatic heterocycles. The first-order chi connectivity index (χ1) is 14.0. The first-order valence-corrected chi connectivity index (χ1v) is 9.85. The Kier molecular flexibility index (Phi) is 6.82. The largest absolute Gasteiger partial charge is 0.497 e. The molecule has 0 spiro atoms. The Morgan fingerprint density at radius 3 is 2.41 bits per heavy atom.